The van der Waals surface area contributed by atoms with E-state index in [1.54, 1.807) is 40.8 Å². The molecule has 3 heterocycles. The Balaban J connectivity index is 1.38. The summed E-state index contributed by atoms with van der Waals surface area (Å²) >= 11 is 6.52. The first-order valence-corrected chi connectivity index (χ1v) is 21.7. The number of amides is 2. The van der Waals surface area contributed by atoms with Crippen molar-refractivity contribution in [1.29, 1.82) is 5.26 Å². The van der Waals surface area contributed by atoms with E-state index in [1.165, 1.54) is 4.90 Å². The molecule has 0 bridgehead atoms. The zero-order valence-corrected chi connectivity index (χ0v) is 38.5. The molecule has 3 aromatic carbocycles. The standard InChI is InChI=1S/C50H58ClN5O7/c1-32-36(25-44(54(32)9)41-26-37(51)15-17-40(41)46(57)63-49(3,4)5)29-50(6,7)47(58)56(43-27-38(30-52)53(8)33(43)2)42-18-16-39(62-31-35-13-11-10-12-14-35)28-45(42)61-24-21-34-19-22-55(23-20-34)48(59)60/h10-18,25-28,34H,19-24,29,31H2,1-9H3,(H,59,60). The number of esters is 1. The number of aromatic nitrogens is 2. The fraction of sp³-hybridized carbons (Fsp3) is 0.400. The fourth-order valence-electron chi connectivity index (χ4n) is 8.03. The van der Waals surface area contributed by atoms with E-state index in [1.807, 2.05) is 115 Å². The third-order valence-electron chi connectivity index (χ3n) is 11.9. The minimum Gasteiger partial charge on any atom is -0.491 e. The van der Waals surface area contributed by atoms with Gasteiger partial charge in [0.15, 0.2) is 0 Å². The van der Waals surface area contributed by atoms with Crippen LogP contribution in [-0.4, -0.2) is 62.4 Å². The van der Waals surface area contributed by atoms with Crippen LogP contribution in [0.3, 0.4) is 0 Å². The summed E-state index contributed by atoms with van der Waals surface area (Å²) in [5.41, 5.74) is 4.96. The van der Waals surface area contributed by atoms with Crippen LogP contribution in [0.25, 0.3) is 11.3 Å². The molecule has 2 amide bonds. The van der Waals surface area contributed by atoms with Crippen molar-refractivity contribution in [3.8, 4) is 28.8 Å². The maximum absolute atomic E-state index is 15.5. The Labute approximate surface area is 375 Å². The number of carbonyl (C=O) groups is 3. The number of nitriles is 1. The molecule has 1 aliphatic heterocycles. The van der Waals surface area contributed by atoms with Gasteiger partial charge in [-0.2, -0.15) is 5.26 Å². The summed E-state index contributed by atoms with van der Waals surface area (Å²) in [6.45, 7) is 14.8. The lowest BCUT2D eigenvalue weighted by Crippen LogP contribution is -2.40. The van der Waals surface area contributed by atoms with E-state index in [-0.39, 0.29) is 11.8 Å². The van der Waals surface area contributed by atoms with E-state index in [2.05, 4.69) is 6.07 Å². The van der Waals surface area contributed by atoms with Gasteiger partial charge in [0.1, 0.15) is 35.5 Å². The van der Waals surface area contributed by atoms with E-state index in [0.29, 0.717) is 89.6 Å². The van der Waals surface area contributed by atoms with E-state index >= 15 is 4.79 Å². The Bertz CT molecular complexity index is 2520. The van der Waals surface area contributed by atoms with E-state index in [9.17, 15) is 20.0 Å². The second-order valence-corrected chi connectivity index (χ2v) is 18.5. The number of hydrogen-bond donors (Lipinski definition) is 1. The second kappa shape index (κ2) is 19.1. The number of hydrogen-bond acceptors (Lipinski definition) is 7. The zero-order valence-electron chi connectivity index (χ0n) is 37.8. The van der Waals surface area contributed by atoms with Crippen LogP contribution in [0.15, 0.2) is 78.9 Å². The van der Waals surface area contributed by atoms with Gasteiger partial charge in [0.25, 0.3) is 0 Å². The van der Waals surface area contributed by atoms with Gasteiger partial charge in [-0.15, -0.1) is 0 Å². The number of halogens is 1. The summed E-state index contributed by atoms with van der Waals surface area (Å²) in [6, 6.07) is 26.4. The number of carboxylic acid groups (broad SMARTS) is 1. The van der Waals surface area contributed by atoms with Gasteiger partial charge < -0.3 is 33.4 Å². The molecule has 0 saturated carbocycles. The molecule has 0 atom stereocenters. The SMILES string of the molecule is Cc1c(N(C(=O)C(C)(C)Cc2cc(-c3cc(Cl)ccc3C(=O)OC(C)(C)C)n(C)c2C)c2ccc(OCc3ccccc3)cc2OCCC2CCN(C(=O)O)CC2)cc(C#N)n1C. The Morgan fingerprint density at radius 3 is 2.21 bits per heavy atom. The first kappa shape index (κ1) is 46.3. The van der Waals surface area contributed by atoms with Crippen LogP contribution in [-0.2, 0) is 36.7 Å². The Morgan fingerprint density at radius 2 is 1.57 bits per heavy atom. The summed E-state index contributed by atoms with van der Waals surface area (Å²) in [4.78, 5) is 43.6. The predicted molar refractivity (Wildman–Crippen MR) is 245 cm³/mol. The van der Waals surface area contributed by atoms with Gasteiger partial charge in [-0.1, -0.05) is 55.8 Å². The topological polar surface area (TPSA) is 139 Å². The van der Waals surface area contributed by atoms with Crippen LogP contribution in [0.1, 0.15) is 92.4 Å². The highest BCUT2D eigenvalue weighted by molar-refractivity contribution is 6.31. The number of likely N-dealkylation sites (tertiary alicyclic amines) is 1. The molecule has 0 spiro atoms. The van der Waals surface area contributed by atoms with E-state index in [4.69, 9.17) is 25.8 Å². The zero-order chi connectivity index (χ0) is 45.8. The van der Waals surface area contributed by atoms with Crippen LogP contribution < -0.4 is 14.4 Å². The quantitative estimate of drug-likeness (QED) is 0.109. The van der Waals surface area contributed by atoms with Crippen molar-refractivity contribution in [2.45, 2.75) is 86.4 Å². The highest BCUT2D eigenvalue weighted by Gasteiger charge is 2.38. The minimum absolute atomic E-state index is 0.230. The van der Waals surface area contributed by atoms with Gasteiger partial charge >= 0.3 is 12.1 Å². The molecule has 63 heavy (non-hydrogen) atoms. The number of carbonyl (C=O) groups excluding carboxylic acids is 2. The predicted octanol–water partition coefficient (Wildman–Crippen LogP) is 10.8. The number of anilines is 2. The van der Waals surface area contributed by atoms with Crippen molar-refractivity contribution in [2.75, 3.05) is 24.6 Å². The molecule has 0 unspecified atom stereocenters. The second-order valence-electron chi connectivity index (χ2n) is 18.0. The van der Waals surface area contributed by atoms with Crippen molar-refractivity contribution in [3.63, 3.8) is 0 Å². The van der Waals surface area contributed by atoms with Gasteiger partial charge in [0, 0.05) is 66.3 Å². The third kappa shape index (κ3) is 10.7. The first-order valence-electron chi connectivity index (χ1n) is 21.3. The molecule has 13 heteroatoms. The molecular formula is C50H58ClN5O7. The first-order chi connectivity index (χ1) is 29.8. The van der Waals surface area contributed by atoms with Crippen molar-refractivity contribution in [1.82, 2.24) is 14.0 Å². The molecule has 332 valence electrons. The van der Waals surface area contributed by atoms with Gasteiger partial charge in [-0.3, -0.25) is 9.69 Å². The van der Waals surface area contributed by atoms with Gasteiger partial charge in [-0.05, 0) is 120 Å². The van der Waals surface area contributed by atoms with Crippen LogP contribution in [0.5, 0.6) is 11.5 Å². The molecule has 12 nitrogen and oxygen atoms in total. The summed E-state index contributed by atoms with van der Waals surface area (Å²) in [6.07, 6.45) is 1.60. The highest BCUT2D eigenvalue weighted by Crippen LogP contribution is 2.43. The lowest BCUT2D eigenvalue weighted by molar-refractivity contribution is -0.125. The van der Waals surface area contributed by atoms with Gasteiger partial charge in [0.05, 0.1) is 23.5 Å². The monoisotopic (exact) mass is 875 g/mol. The number of piperidine rings is 1. The summed E-state index contributed by atoms with van der Waals surface area (Å²) < 4.78 is 22.4. The normalized spacial score (nSPS) is 13.4. The van der Waals surface area contributed by atoms with Crippen LogP contribution >= 0.6 is 11.6 Å². The minimum atomic E-state index is -1.03. The summed E-state index contributed by atoms with van der Waals surface area (Å²) in [5, 5.41) is 20.1. The maximum Gasteiger partial charge on any atom is 0.407 e. The van der Waals surface area contributed by atoms with Crippen LogP contribution in [0.4, 0.5) is 16.2 Å². The van der Waals surface area contributed by atoms with Crippen molar-refractivity contribution >= 4 is 40.9 Å². The van der Waals surface area contributed by atoms with Crippen LogP contribution in [0.2, 0.25) is 5.02 Å². The fourth-order valence-corrected chi connectivity index (χ4v) is 8.21. The molecule has 0 aliphatic carbocycles. The molecule has 1 N–H and O–H groups in total. The largest absolute Gasteiger partial charge is 0.491 e. The number of nitrogens with zero attached hydrogens (tertiary/aromatic N) is 5. The average Bonchev–Trinajstić information content (AvgIpc) is 3.68. The molecule has 1 fully saturated rings. The Hall–Kier alpha value is -6.19. The lowest BCUT2D eigenvalue weighted by Gasteiger charge is -2.33. The molecule has 2 aromatic heterocycles. The Kier molecular flexibility index (Phi) is 14.0. The molecule has 0 radical (unpaired) electrons. The maximum atomic E-state index is 15.5. The molecule has 6 rings (SSSR count). The van der Waals surface area contributed by atoms with Crippen molar-refractivity contribution in [3.05, 3.63) is 118 Å². The molecular weight excluding hydrogens is 818 g/mol. The third-order valence-corrected chi connectivity index (χ3v) is 12.1. The summed E-state index contributed by atoms with van der Waals surface area (Å²) in [5.74, 6) is 0.572. The van der Waals surface area contributed by atoms with E-state index < -0.39 is 23.1 Å². The van der Waals surface area contributed by atoms with Crippen LogP contribution in [0, 0.1) is 36.5 Å². The van der Waals surface area contributed by atoms with Crippen molar-refractivity contribution < 1.29 is 33.7 Å². The summed E-state index contributed by atoms with van der Waals surface area (Å²) in [7, 11) is 3.72. The Morgan fingerprint density at radius 1 is 0.873 bits per heavy atom. The highest BCUT2D eigenvalue weighted by atomic mass is 35.5. The molecule has 1 aliphatic rings. The average molecular weight is 876 g/mol. The number of rotatable bonds is 14. The molecule has 5 aromatic rings. The smallest absolute Gasteiger partial charge is 0.407 e. The van der Waals surface area contributed by atoms with E-state index in [0.717, 1.165) is 35.4 Å². The van der Waals surface area contributed by atoms with Gasteiger partial charge in [-0.25, -0.2) is 9.59 Å². The molecule has 1 saturated heterocycles. The number of benzene rings is 3. The number of ether oxygens (including phenoxy) is 3. The van der Waals surface area contributed by atoms with Crippen molar-refractivity contribution in [2.24, 2.45) is 25.4 Å². The van der Waals surface area contributed by atoms with Gasteiger partial charge in [0.2, 0.25) is 5.91 Å². The lowest BCUT2D eigenvalue weighted by atomic mass is 9.83.